The molecule has 0 amide bonds. The fraction of sp³-hybridized carbons (Fsp3) is 0.562. The lowest BCUT2D eigenvalue weighted by molar-refractivity contribution is -0.0869. The molecule has 0 bridgehead atoms. The van der Waals surface area contributed by atoms with Crippen LogP contribution in [0.2, 0.25) is 0 Å². The predicted octanol–water partition coefficient (Wildman–Crippen LogP) is 1.20. The summed E-state index contributed by atoms with van der Waals surface area (Å²) in [5.74, 6) is 0. The Morgan fingerprint density at radius 3 is 3.05 bits per heavy atom. The molecule has 5 nitrogen and oxygen atoms in total. The van der Waals surface area contributed by atoms with Gasteiger partial charge < -0.3 is 9.84 Å². The van der Waals surface area contributed by atoms with E-state index in [1.807, 2.05) is 29.9 Å². The summed E-state index contributed by atoms with van der Waals surface area (Å²) in [6, 6.07) is 8.13. The second-order valence-electron chi connectivity index (χ2n) is 5.66. The summed E-state index contributed by atoms with van der Waals surface area (Å²) < 4.78 is 7.61. The molecule has 0 saturated carbocycles. The van der Waals surface area contributed by atoms with Gasteiger partial charge in [0.15, 0.2) is 0 Å². The maximum atomic E-state index is 10.5. The maximum absolute atomic E-state index is 10.5. The predicted molar refractivity (Wildman–Crippen MR) is 82.3 cm³/mol. The fourth-order valence-electron chi connectivity index (χ4n) is 3.02. The number of nitrogens with zero attached hydrogens (tertiary/aromatic N) is 3. The number of para-hydroxylation sites is 1. The smallest absolute Gasteiger partial charge is 0.0964 e. The third-order valence-electron chi connectivity index (χ3n) is 4.29. The van der Waals surface area contributed by atoms with Crippen molar-refractivity contribution in [3.05, 3.63) is 30.0 Å². The Morgan fingerprint density at radius 2 is 2.24 bits per heavy atom. The topological polar surface area (TPSA) is 50.5 Å². The van der Waals surface area contributed by atoms with Gasteiger partial charge in [-0.2, -0.15) is 5.10 Å². The standard InChI is InChI=1S/C16H23N3O2/c1-3-19-8-9-21-16(11-19)15(20)10-13-12-6-4-5-7-14(12)18(2)17-13/h4-7,15-16,20H,3,8-11H2,1-2H3. The summed E-state index contributed by atoms with van der Waals surface area (Å²) in [6.45, 7) is 5.58. The number of rotatable bonds is 4. The van der Waals surface area contributed by atoms with E-state index >= 15 is 0 Å². The molecule has 1 aromatic carbocycles. The fourth-order valence-corrected chi connectivity index (χ4v) is 3.02. The number of fused-ring (bicyclic) bond motifs is 1. The summed E-state index contributed by atoms with van der Waals surface area (Å²) in [6.07, 6.45) is -0.110. The van der Waals surface area contributed by atoms with Crippen molar-refractivity contribution in [2.45, 2.75) is 25.6 Å². The van der Waals surface area contributed by atoms with E-state index in [-0.39, 0.29) is 6.10 Å². The van der Waals surface area contributed by atoms with E-state index in [2.05, 4.69) is 23.0 Å². The first-order valence-electron chi connectivity index (χ1n) is 7.61. The van der Waals surface area contributed by atoms with Crippen molar-refractivity contribution in [1.29, 1.82) is 0 Å². The van der Waals surface area contributed by atoms with Crippen LogP contribution in [0.15, 0.2) is 24.3 Å². The Morgan fingerprint density at radius 1 is 1.43 bits per heavy atom. The molecule has 2 atom stereocenters. The van der Waals surface area contributed by atoms with Gasteiger partial charge in [-0.25, -0.2) is 0 Å². The van der Waals surface area contributed by atoms with Crippen molar-refractivity contribution < 1.29 is 9.84 Å². The number of hydrogen-bond donors (Lipinski definition) is 1. The van der Waals surface area contributed by atoms with E-state index in [1.165, 1.54) is 0 Å². The van der Waals surface area contributed by atoms with Crippen LogP contribution in [0.25, 0.3) is 10.9 Å². The number of aryl methyl sites for hydroxylation is 1. The first kappa shape index (κ1) is 14.5. The number of benzene rings is 1. The molecule has 1 aliphatic rings. The van der Waals surface area contributed by atoms with Crippen LogP contribution in [0, 0.1) is 0 Å². The Kier molecular flexibility index (Phi) is 4.24. The number of aliphatic hydroxyl groups excluding tert-OH is 1. The van der Waals surface area contributed by atoms with Gasteiger partial charge in [0.25, 0.3) is 0 Å². The van der Waals surface area contributed by atoms with Gasteiger partial charge >= 0.3 is 0 Å². The van der Waals surface area contributed by atoms with E-state index < -0.39 is 6.10 Å². The summed E-state index contributed by atoms with van der Waals surface area (Å²) in [5, 5.41) is 16.2. The number of aliphatic hydroxyl groups is 1. The van der Waals surface area contributed by atoms with Gasteiger partial charge in [-0.05, 0) is 12.6 Å². The monoisotopic (exact) mass is 289 g/mol. The molecule has 2 unspecified atom stereocenters. The van der Waals surface area contributed by atoms with Gasteiger partial charge in [-0.3, -0.25) is 9.58 Å². The first-order valence-corrected chi connectivity index (χ1v) is 7.61. The van der Waals surface area contributed by atoms with Crippen LogP contribution < -0.4 is 0 Å². The van der Waals surface area contributed by atoms with E-state index in [9.17, 15) is 5.11 Å². The van der Waals surface area contributed by atoms with Crippen molar-refractivity contribution in [2.75, 3.05) is 26.2 Å². The van der Waals surface area contributed by atoms with Crippen molar-refractivity contribution in [3.8, 4) is 0 Å². The van der Waals surface area contributed by atoms with Gasteiger partial charge in [0.05, 0.1) is 30.0 Å². The number of hydrogen-bond acceptors (Lipinski definition) is 4. The van der Waals surface area contributed by atoms with Gasteiger partial charge in [0.2, 0.25) is 0 Å². The molecule has 1 aliphatic heterocycles. The van der Waals surface area contributed by atoms with Crippen LogP contribution in [0.3, 0.4) is 0 Å². The van der Waals surface area contributed by atoms with E-state index in [4.69, 9.17) is 4.74 Å². The van der Waals surface area contributed by atoms with Crippen LogP contribution in [-0.2, 0) is 18.2 Å². The Bertz CT molecular complexity index is 611. The lowest BCUT2D eigenvalue weighted by Gasteiger charge is -2.34. The molecule has 21 heavy (non-hydrogen) atoms. The third kappa shape index (κ3) is 2.95. The highest BCUT2D eigenvalue weighted by molar-refractivity contribution is 5.81. The number of likely N-dealkylation sites (N-methyl/N-ethyl adjacent to an activating group) is 1. The molecule has 2 aromatic rings. The minimum absolute atomic E-state index is 0.125. The molecule has 1 N–H and O–H groups in total. The summed E-state index contributed by atoms with van der Waals surface area (Å²) in [4.78, 5) is 2.31. The average Bonchev–Trinajstić information content (AvgIpc) is 2.84. The number of morpholine rings is 1. The van der Waals surface area contributed by atoms with E-state index in [0.29, 0.717) is 13.0 Å². The summed E-state index contributed by atoms with van der Waals surface area (Å²) >= 11 is 0. The molecule has 1 fully saturated rings. The SMILES string of the molecule is CCN1CCOC(C(O)Cc2nn(C)c3ccccc23)C1. The largest absolute Gasteiger partial charge is 0.390 e. The quantitative estimate of drug-likeness (QED) is 0.919. The molecular weight excluding hydrogens is 266 g/mol. The summed E-state index contributed by atoms with van der Waals surface area (Å²) in [7, 11) is 1.94. The van der Waals surface area contributed by atoms with Crippen LogP contribution in [-0.4, -0.2) is 58.2 Å². The molecule has 0 spiro atoms. The van der Waals surface area contributed by atoms with E-state index in [1.54, 1.807) is 0 Å². The Hall–Kier alpha value is -1.43. The zero-order chi connectivity index (χ0) is 14.8. The molecular formula is C16H23N3O2. The van der Waals surface area contributed by atoms with Crippen molar-refractivity contribution in [1.82, 2.24) is 14.7 Å². The number of ether oxygens (including phenoxy) is 1. The van der Waals surface area contributed by atoms with E-state index in [0.717, 1.165) is 36.2 Å². The first-order chi connectivity index (χ1) is 10.2. The second kappa shape index (κ2) is 6.13. The molecule has 3 rings (SSSR count). The van der Waals surface area contributed by atoms with Gasteiger partial charge in [0, 0.05) is 31.9 Å². The summed E-state index contributed by atoms with van der Waals surface area (Å²) in [5.41, 5.74) is 2.04. The lowest BCUT2D eigenvalue weighted by Crippen LogP contribution is -2.48. The maximum Gasteiger partial charge on any atom is 0.0964 e. The van der Waals surface area contributed by atoms with Gasteiger partial charge in [-0.15, -0.1) is 0 Å². The molecule has 0 radical (unpaired) electrons. The molecule has 0 aliphatic carbocycles. The molecule has 114 valence electrons. The molecule has 1 saturated heterocycles. The minimum atomic E-state index is -0.516. The normalized spacial score (nSPS) is 21.8. The third-order valence-corrected chi connectivity index (χ3v) is 4.29. The Labute approximate surface area is 125 Å². The second-order valence-corrected chi connectivity index (χ2v) is 5.66. The van der Waals surface area contributed by atoms with Crippen LogP contribution >= 0.6 is 0 Å². The van der Waals surface area contributed by atoms with Gasteiger partial charge in [-0.1, -0.05) is 25.1 Å². The van der Waals surface area contributed by atoms with Gasteiger partial charge in [0.1, 0.15) is 0 Å². The minimum Gasteiger partial charge on any atom is -0.390 e. The molecule has 2 heterocycles. The lowest BCUT2D eigenvalue weighted by atomic mass is 10.0. The highest BCUT2D eigenvalue weighted by atomic mass is 16.5. The zero-order valence-corrected chi connectivity index (χ0v) is 12.7. The van der Waals surface area contributed by atoms with Crippen LogP contribution in [0.5, 0.6) is 0 Å². The number of aromatic nitrogens is 2. The zero-order valence-electron chi connectivity index (χ0n) is 12.7. The van der Waals surface area contributed by atoms with Crippen LogP contribution in [0.1, 0.15) is 12.6 Å². The molecule has 5 heteroatoms. The van der Waals surface area contributed by atoms with Crippen molar-refractivity contribution in [3.63, 3.8) is 0 Å². The van der Waals surface area contributed by atoms with Crippen LogP contribution in [0.4, 0.5) is 0 Å². The highest BCUT2D eigenvalue weighted by Gasteiger charge is 2.27. The van der Waals surface area contributed by atoms with Crippen molar-refractivity contribution >= 4 is 10.9 Å². The average molecular weight is 289 g/mol. The molecule has 1 aromatic heterocycles. The highest BCUT2D eigenvalue weighted by Crippen LogP contribution is 2.20. The Balaban J connectivity index is 1.75. The van der Waals surface area contributed by atoms with Crippen molar-refractivity contribution in [2.24, 2.45) is 7.05 Å².